The van der Waals surface area contributed by atoms with Gasteiger partial charge in [0.2, 0.25) is 5.91 Å². The lowest BCUT2D eigenvalue weighted by Gasteiger charge is -2.17. The summed E-state index contributed by atoms with van der Waals surface area (Å²) in [6, 6.07) is 2.32. The second kappa shape index (κ2) is 8.29. The summed E-state index contributed by atoms with van der Waals surface area (Å²) in [5.41, 5.74) is 3.19. The number of nitriles is 1. The molecular formula is C22H22N4OS3. The number of amides is 1. The van der Waals surface area contributed by atoms with E-state index in [0.717, 1.165) is 52.9 Å². The molecule has 154 valence electrons. The number of aryl methyl sites for hydroxylation is 2. The van der Waals surface area contributed by atoms with E-state index < -0.39 is 0 Å². The Labute approximate surface area is 187 Å². The maximum atomic E-state index is 12.7. The van der Waals surface area contributed by atoms with Crippen molar-refractivity contribution in [1.82, 2.24) is 9.97 Å². The van der Waals surface area contributed by atoms with Crippen molar-refractivity contribution in [2.24, 2.45) is 5.92 Å². The Bertz CT molecular complexity index is 1170. The van der Waals surface area contributed by atoms with Gasteiger partial charge in [-0.05, 0) is 62.0 Å². The van der Waals surface area contributed by atoms with Gasteiger partial charge in [-0.25, -0.2) is 9.97 Å². The van der Waals surface area contributed by atoms with Crippen molar-refractivity contribution < 1.29 is 4.79 Å². The molecule has 1 N–H and O–H groups in total. The van der Waals surface area contributed by atoms with E-state index in [1.807, 2.05) is 0 Å². The molecule has 0 bridgehead atoms. The van der Waals surface area contributed by atoms with Crippen LogP contribution in [-0.2, 0) is 30.5 Å². The van der Waals surface area contributed by atoms with Crippen LogP contribution in [-0.4, -0.2) is 21.6 Å². The summed E-state index contributed by atoms with van der Waals surface area (Å²) in [6.07, 6.45) is 9.29. The highest BCUT2D eigenvalue weighted by molar-refractivity contribution is 8.00. The summed E-state index contributed by atoms with van der Waals surface area (Å²) in [7, 11) is 0. The molecule has 1 atom stereocenters. The second-order valence-electron chi connectivity index (χ2n) is 8.07. The predicted octanol–water partition coefficient (Wildman–Crippen LogP) is 5.36. The van der Waals surface area contributed by atoms with Crippen LogP contribution in [0.15, 0.2) is 11.4 Å². The Morgan fingerprint density at radius 1 is 1.23 bits per heavy atom. The minimum Gasteiger partial charge on any atom is -0.316 e. The van der Waals surface area contributed by atoms with Crippen molar-refractivity contribution in [2.45, 2.75) is 56.9 Å². The topological polar surface area (TPSA) is 78.7 Å². The fourth-order valence-corrected chi connectivity index (χ4v) is 7.92. The van der Waals surface area contributed by atoms with Crippen LogP contribution in [0, 0.1) is 17.2 Å². The molecule has 0 aromatic carbocycles. The number of fused-ring (bicyclic) bond motifs is 4. The van der Waals surface area contributed by atoms with Crippen molar-refractivity contribution in [2.75, 3.05) is 11.1 Å². The lowest BCUT2D eigenvalue weighted by Crippen LogP contribution is -2.14. The van der Waals surface area contributed by atoms with E-state index in [9.17, 15) is 10.1 Å². The third-order valence-electron chi connectivity index (χ3n) is 5.93. The lowest BCUT2D eigenvalue weighted by molar-refractivity contribution is -0.113. The van der Waals surface area contributed by atoms with Crippen LogP contribution in [0.1, 0.15) is 52.6 Å². The highest BCUT2D eigenvalue weighted by atomic mass is 32.2. The molecule has 0 radical (unpaired) electrons. The standard InChI is InChI=1S/C22H22N4OS3/c1-12-6-7-13-15(9-23)20(30-17(13)8-12)26-18(27)10-28-21-19-14-4-2-3-5-16(14)29-22(19)25-11-24-21/h11-12H,2-8,10H2,1H3,(H,26,27)/t12-/m0/s1. The number of carbonyl (C=O) groups is 1. The maximum absolute atomic E-state index is 12.7. The molecule has 3 aromatic heterocycles. The molecule has 0 aliphatic heterocycles. The highest BCUT2D eigenvalue weighted by Gasteiger charge is 2.25. The fourth-order valence-electron chi connectivity index (χ4n) is 4.42. The van der Waals surface area contributed by atoms with Crippen molar-refractivity contribution in [3.8, 4) is 6.07 Å². The van der Waals surface area contributed by atoms with Gasteiger partial charge in [0, 0.05) is 15.1 Å². The molecule has 30 heavy (non-hydrogen) atoms. The first-order valence-corrected chi connectivity index (χ1v) is 13.0. The Morgan fingerprint density at radius 3 is 2.97 bits per heavy atom. The zero-order chi connectivity index (χ0) is 20.7. The van der Waals surface area contributed by atoms with Gasteiger partial charge in [-0.3, -0.25) is 4.79 Å². The molecule has 1 amide bonds. The van der Waals surface area contributed by atoms with E-state index in [-0.39, 0.29) is 11.7 Å². The number of thiophene rings is 2. The number of nitrogens with one attached hydrogen (secondary N) is 1. The van der Waals surface area contributed by atoms with Crippen LogP contribution in [0.3, 0.4) is 0 Å². The van der Waals surface area contributed by atoms with Gasteiger partial charge in [-0.2, -0.15) is 5.26 Å². The largest absolute Gasteiger partial charge is 0.316 e. The molecular weight excluding hydrogens is 432 g/mol. The minimum absolute atomic E-state index is 0.0843. The molecule has 0 fully saturated rings. The van der Waals surface area contributed by atoms with Crippen molar-refractivity contribution in [3.05, 3.63) is 32.8 Å². The van der Waals surface area contributed by atoms with Gasteiger partial charge >= 0.3 is 0 Å². The molecule has 3 heterocycles. The first-order valence-electron chi connectivity index (χ1n) is 10.4. The van der Waals surface area contributed by atoms with E-state index in [2.05, 4.69) is 28.3 Å². The summed E-state index contributed by atoms with van der Waals surface area (Å²) < 4.78 is 0. The number of carbonyl (C=O) groups excluding carboxylic acids is 1. The zero-order valence-electron chi connectivity index (χ0n) is 16.8. The molecule has 8 heteroatoms. The first-order chi connectivity index (χ1) is 14.6. The molecule has 2 aliphatic rings. The number of anilines is 1. The van der Waals surface area contributed by atoms with Gasteiger partial charge in [0.1, 0.15) is 27.3 Å². The molecule has 2 aliphatic carbocycles. The predicted molar refractivity (Wildman–Crippen MR) is 124 cm³/mol. The van der Waals surface area contributed by atoms with Crippen molar-refractivity contribution >= 4 is 55.6 Å². The molecule has 5 rings (SSSR count). The number of hydrogen-bond acceptors (Lipinski definition) is 7. The van der Waals surface area contributed by atoms with Crippen LogP contribution >= 0.6 is 34.4 Å². The van der Waals surface area contributed by atoms with Crippen molar-refractivity contribution in [3.63, 3.8) is 0 Å². The molecule has 0 spiro atoms. The summed E-state index contributed by atoms with van der Waals surface area (Å²) in [4.78, 5) is 25.4. The van der Waals surface area contributed by atoms with Gasteiger partial charge in [0.25, 0.3) is 0 Å². The molecule has 5 nitrogen and oxygen atoms in total. The van der Waals surface area contributed by atoms with Crippen LogP contribution < -0.4 is 5.32 Å². The average molecular weight is 455 g/mol. The number of nitrogens with zero attached hydrogens (tertiary/aromatic N) is 3. The van der Waals surface area contributed by atoms with E-state index in [1.54, 1.807) is 29.0 Å². The Balaban J connectivity index is 1.33. The highest BCUT2D eigenvalue weighted by Crippen LogP contribution is 2.41. The SMILES string of the molecule is C[C@H]1CCc2c(sc(NC(=O)CSc3ncnc4sc5c(c34)CCCC5)c2C#N)C1. The third kappa shape index (κ3) is 3.64. The summed E-state index contributed by atoms with van der Waals surface area (Å²) >= 11 is 4.82. The van der Waals surface area contributed by atoms with Crippen LogP contribution in [0.2, 0.25) is 0 Å². The molecule has 0 saturated carbocycles. The Hall–Kier alpha value is -1.95. The third-order valence-corrected chi connectivity index (χ3v) is 9.29. The van der Waals surface area contributed by atoms with Gasteiger partial charge < -0.3 is 5.32 Å². The van der Waals surface area contributed by atoms with Gasteiger partial charge in [-0.15, -0.1) is 22.7 Å². The monoisotopic (exact) mass is 454 g/mol. The van der Waals surface area contributed by atoms with E-state index in [0.29, 0.717) is 16.5 Å². The summed E-state index contributed by atoms with van der Waals surface area (Å²) in [6.45, 7) is 2.25. The lowest BCUT2D eigenvalue weighted by atomic mass is 9.89. The minimum atomic E-state index is -0.0843. The van der Waals surface area contributed by atoms with Gasteiger partial charge in [-0.1, -0.05) is 18.7 Å². The number of rotatable bonds is 4. The summed E-state index contributed by atoms with van der Waals surface area (Å²) in [5, 5.41) is 15.4. The fraction of sp³-hybridized carbons (Fsp3) is 0.455. The smallest absolute Gasteiger partial charge is 0.235 e. The van der Waals surface area contributed by atoms with Crippen LogP contribution in [0.4, 0.5) is 5.00 Å². The Kier molecular flexibility index (Phi) is 5.52. The summed E-state index contributed by atoms with van der Waals surface area (Å²) in [5.74, 6) is 0.832. The number of thioether (sulfide) groups is 1. The average Bonchev–Trinajstić information content (AvgIpc) is 3.29. The van der Waals surface area contributed by atoms with Crippen molar-refractivity contribution in [1.29, 1.82) is 5.26 Å². The van der Waals surface area contributed by atoms with Gasteiger partial charge in [0.05, 0.1) is 11.3 Å². The van der Waals surface area contributed by atoms with E-state index >= 15 is 0 Å². The maximum Gasteiger partial charge on any atom is 0.235 e. The van der Waals surface area contributed by atoms with Crippen LogP contribution in [0.5, 0.6) is 0 Å². The molecule has 0 unspecified atom stereocenters. The zero-order valence-corrected chi connectivity index (χ0v) is 19.2. The molecule has 3 aromatic rings. The van der Waals surface area contributed by atoms with E-state index in [1.165, 1.54) is 39.9 Å². The van der Waals surface area contributed by atoms with Gasteiger partial charge in [0.15, 0.2) is 0 Å². The quantitative estimate of drug-likeness (QED) is 0.424. The first kappa shape index (κ1) is 20.0. The normalized spacial score (nSPS) is 17.9. The molecule has 0 saturated heterocycles. The van der Waals surface area contributed by atoms with E-state index in [4.69, 9.17) is 0 Å². The Morgan fingerprint density at radius 2 is 2.10 bits per heavy atom. The van der Waals surface area contributed by atoms with Crippen LogP contribution in [0.25, 0.3) is 10.2 Å². The second-order valence-corrected chi connectivity index (χ2v) is 11.2. The number of aromatic nitrogens is 2. The number of hydrogen-bond donors (Lipinski definition) is 1.